The zero-order chi connectivity index (χ0) is 18.6. The van der Waals surface area contributed by atoms with Gasteiger partial charge in [-0.2, -0.15) is 4.80 Å². The summed E-state index contributed by atoms with van der Waals surface area (Å²) < 4.78 is 4.98. The van der Waals surface area contributed by atoms with E-state index in [9.17, 15) is 14.7 Å². The number of para-hydroxylation sites is 1. The van der Waals surface area contributed by atoms with Gasteiger partial charge in [0.25, 0.3) is 11.7 Å². The van der Waals surface area contributed by atoms with Gasteiger partial charge in [-0.1, -0.05) is 25.1 Å². The van der Waals surface area contributed by atoms with E-state index < -0.39 is 17.8 Å². The second-order valence-electron chi connectivity index (χ2n) is 5.80. The maximum absolute atomic E-state index is 12.4. The van der Waals surface area contributed by atoms with Crippen LogP contribution in [0, 0.1) is 0 Å². The molecule has 1 aromatic heterocycles. The van der Waals surface area contributed by atoms with E-state index in [0.29, 0.717) is 24.5 Å². The fourth-order valence-electron chi connectivity index (χ4n) is 2.59. The summed E-state index contributed by atoms with van der Waals surface area (Å²) in [6, 6.07) is 8.90. The third-order valence-electron chi connectivity index (χ3n) is 3.97. The number of carbonyl (C=O) groups excluding carboxylic acids is 2. The fraction of sp³-hybridized carbons (Fsp3) is 0.438. The number of nitrogens with zero attached hydrogens (tertiary/aromatic N) is 5. The van der Waals surface area contributed by atoms with Gasteiger partial charge in [0, 0.05) is 31.6 Å². The van der Waals surface area contributed by atoms with Crippen molar-refractivity contribution in [3.63, 3.8) is 0 Å². The number of hydrogen-bond donors (Lipinski definition) is 2. The molecule has 2 N–H and O–H groups in total. The summed E-state index contributed by atoms with van der Waals surface area (Å²) >= 11 is 0. The Balaban J connectivity index is 1.51. The molecule has 2 aromatic rings. The molecule has 10 nitrogen and oxygen atoms in total. The average Bonchev–Trinajstić information content (AvgIpc) is 3.21. The smallest absolute Gasteiger partial charge is 0.407 e. The maximum atomic E-state index is 12.4. The van der Waals surface area contributed by atoms with Gasteiger partial charge in [-0.15, -0.1) is 10.2 Å². The minimum atomic E-state index is -2.17. The molecule has 0 unspecified atom stereocenters. The Morgan fingerprint density at radius 1 is 1.38 bits per heavy atom. The SMILES string of the molecule is CCc1nnn(CCNC(=O)O[C@@]2(O)CCN(c3ccccc3)C2=O)n1. The van der Waals surface area contributed by atoms with Crippen molar-refractivity contribution in [3.05, 3.63) is 36.2 Å². The van der Waals surface area contributed by atoms with E-state index in [2.05, 4.69) is 20.7 Å². The number of ether oxygens (including phenoxy) is 1. The summed E-state index contributed by atoms with van der Waals surface area (Å²) in [5.74, 6) is -2.22. The molecule has 138 valence electrons. The first-order valence-electron chi connectivity index (χ1n) is 8.35. The van der Waals surface area contributed by atoms with Crippen molar-refractivity contribution in [1.82, 2.24) is 25.5 Å². The van der Waals surface area contributed by atoms with Crippen molar-refractivity contribution in [1.29, 1.82) is 0 Å². The Morgan fingerprint density at radius 3 is 2.85 bits per heavy atom. The lowest BCUT2D eigenvalue weighted by molar-refractivity contribution is -0.175. The highest BCUT2D eigenvalue weighted by atomic mass is 16.7. The van der Waals surface area contributed by atoms with E-state index in [-0.39, 0.29) is 19.5 Å². The van der Waals surface area contributed by atoms with Crippen LogP contribution in [-0.4, -0.2) is 56.2 Å². The normalized spacial score (nSPS) is 19.6. The molecule has 0 saturated carbocycles. The van der Waals surface area contributed by atoms with E-state index in [0.717, 1.165) is 0 Å². The second kappa shape index (κ2) is 7.48. The Bertz CT molecular complexity index is 780. The number of alkyl carbamates (subject to hydrolysis) is 1. The Morgan fingerprint density at radius 2 is 2.15 bits per heavy atom. The Hall–Kier alpha value is -3.01. The number of carbonyl (C=O) groups is 2. The van der Waals surface area contributed by atoms with Gasteiger partial charge >= 0.3 is 6.09 Å². The number of amides is 2. The van der Waals surface area contributed by atoms with Crippen LogP contribution in [0.4, 0.5) is 10.5 Å². The minimum absolute atomic E-state index is 0.00135. The number of nitrogens with one attached hydrogen (secondary N) is 1. The molecule has 2 amide bonds. The number of benzene rings is 1. The lowest BCUT2D eigenvalue weighted by Crippen LogP contribution is -2.46. The van der Waals surface area contributed by atoms with E-state index in [4.69, 9.17) is 4.74 Å². The van der Waals surface area contributed by atoms with Crippen LogP contribution in [0.5, 0.6) is 0 Å². The molecule has 0 radical (unpaired) electrons. The van der Waals surface area contributed by atoms with Crippen LogP contribution in [0.2, 0.25) is 0 Å². The molecular weight excluding hydrogens is 340 g/mol. The molecule has 1 atom stereocenters. The summed E-state index contributed by atoms with van der Waals surface area (Å²) in [4.78, 5) is 27.1. The molecule has 1 aliphatic rings. The third-order valence-corrected chi connectivity index (χ3v) is 3.97. The largest absolute Gasteiger partial charge is 0.410 e. The zero-order valence-corrected chi connectivity index (χ0v) is 14.3. The quantitative estimate of drug-likeness (QED) is 0.700. The highest BCUT2D eigenvalue weighted by Crippen LogP contribution is 2.29. The summed E-state index contributed by atoms with van der Waals surface area (Å²) in [5.41, 5.74) is 0.640. The molecule has 0 bridgehead atoms. The van der Waals surface area contributed by atoms with Gasteiger partial charge in [0.15, 0.2) is 5.82 Å². The number of aliphatic hydroxyl groups is 1. The Kier molecular flexibility index (Phi) is 5.12. The third kappa shape index (κ3) is 3.80. The van der Waals surface area contributed by atoms with Crippen LogP contribution in [-0.2, 0) is 22.5 Å². The van der Waals surface area contributed by atoms with E-state index in [1.165, 1.54) is 9.70 Å². The van der Waals surface area contributed by atoms with Crippen molar-refractivity contribution in [3.8, 4) is 0 Å². The van der Waals surface area contributed by atoms with Crippen LogP contribution in [0.25, 0.3) is 0 Å². The summed E-state index contributed by atoms with van der Waals surface area (Å²) in [5, 5.41) is 24.6. The first kappa shape index (κ1) is 17.8. The molecule has 0 aliphatic carbocycles. The van der Waals surface area contributed by atoms with Crippen molar-refractivity contribution in [2.24, 2.45) is 0 Å². The van der Waals surface area contributed by atoms with Gasteiger partial charge in [0.1, 0.15) is 0 Å². The molecule has 1 aromatic carbocycles. The van der Waals surface area contributed by atoms with Crippen LogP contribution < -0.4 is 10.2 Å². The average molecular weight is 360 g/mol. The van der Waals surface area contributed by atoms with E-state index in [1.807, 2.05) is 13.0 Å². The van der Waals surface area contributed by atoms with Gasteiger partial charge in [-0.25, -0.2) is 4.79 Å². The predicted octanol–water partition coefficient (Wildman–Crippen LogP) is 0.0872. The van der Waals surface area contributed by atoms with Crippen LogP contribution in [0.1, 0.15) is 19.2 Å². The van der Waals surface area contributed by atoms with Gasteiger partial charge in [0.2, 0.25) is 0 Å². The van der Waals surface area contributed by atoms with Gasteiger partial charge in [-0.3, -0.25) is 4.79 Å². The molecular formula is C16H20N6O4. The molecule has 10 heteroatoms. The van der Waals surface area contributed by atoms with E-state index >= 15 is 0 Å². The van der Waals surface area contributed by atoms with Crippen LogP contribution in [0.15, 0.2) is 30.3 Å². The summed E-state index contributed by atoms with van der Waals surface area (Å²) in [7, 11) is 0. The summed E-state index contributed by atoms with van der Waals surface area (Å²) in [6.07, 6.45) is -0.215. The standard InChI is InChI=1S/C16H20N6O4/c1-2-13-18-20-22(19-13)11-9-17-15(24)26-16(25)8-10-21(14(16)23)12-6-4-3-5-7-12/h3-7,25H,2,8-11H2,1H3,(H,17,24)/t16-/m0/s1. The van der Waals surface area contributed by atoms with Gasteiger partial charge in [-0.05, 0) is 17.3 Å². The van der Waals surface area contributed by atoms with Crippen molar-refractivity contribution in [2.75, 3.05) is 18.0 Å². The van der Waals surface area contributed by atoms with E-state index in [1.54, 1.807) is 24.3 Å². The summed E-state index contributed by atoms with van der Waals surface area (Å²) in [6.45, 7) is 2.64. The molecule has 1 saturated heterocycles. The highest BCUT2D eigenvalue weighted by Gasteiger charge is 2.49. The monoisotopic (exact) mass is 360 g/mol. The zero-order valence-electron chi connectivity index (χ0n) is 14.3. The second-order valence-corrected chi connectivity index (χ2v) is 5.80. The minimum Gasteiger partial charge on any atom is -0.407 e. The number of tetrazole rings is 1. The van der Waals surface area contributed by atoms with Crippen LogP contribution in [0.3, 0.4) is 0 Å². The first-order chi connectivity index (χ1) is 12.5. The van der Waals surface area contributed by atoms with Crippen molar-refractivity contribution in [2.45, 2.75) is 32.1 Å². The number of aryl methyl sites for hydroxylation is 1. The Labute approximate surface area is 149 Å². The highest BCUT2D eigenvalue weighted by molar-refractivity contribution is 6.01. The maximum Gasteiger partial charge on any atom is 0.410 e. The lowest BCUT2D eigenvalue weighted by Gasteiger charge is -2.22. The molecule has 0 spiro atoms. The lowest BCUT2D eigenvalue weighted by atomic mass is 10.2. The number of hydrogen-bond acceptors (Lipinski definition) is 7. The first-order valence-corrected chi connectivity index (χ1v) is 8.35. The van der Waals surface area contributed by atoms with Crippen molar-refractivity contribution >= 4 is 17.7 Å². The fourth-order valence-corrected chi connectivity index (χ4v) is 2.59. The van der Waals surface area contributed by atoms with Gasteiger partial charge in [0.05, 0.1) is 6.54 Å². The van der Waals surface area contributed by atoms with Crippen molar-refractivity contribution < 1.29 is 19.4 Å². The number of aromatic nitrogens is 4. The molecule has 1 aliphatic heterocycles. The van der Waals surface area contributed by atoms with Gasteiger partial charge < -0.3 is 20.1 Å². The molecule has 3 rings (SSSR count). The molecule has 1 fully saturated rings. The predicted molar refractivity (Wildman–Crippen MR) is 90.0 cm³/mol. The number of anilines is 1. The molecule has 26 heavy (non-hydrogen) atoms. The van der Waals surface area contributed by atoms with Crippen LogP contribution >= 0.6 is 0 Å². The molecule has 2 heterocycles. The topological polar surface area (TPSA) is 122 Å². The number of rotatable bonds is 6.